The third-order valence-electron chi connectivity index (χ3n) is 3.82. The van der Waals surface area contributed by atoms with Crippen LogP contribution in [-0.4, -0.2) is 31.2 Å². The number of hydrogen-bond acceptors (Lipinski definition) is 4. The van der Waals surface area contributed by atoms with Crippen molar-refractivity contribution in [3.05, 3.63) is 39.9 Å². The topological polar surface area (TPSA) is 64.4 Å². The van der Waals surface area contributed by atoms with Gasteiger partial charge in [0.25, 0.3) is 5.69 Å². The Morgan fingerprint density at radius 3 is 3.00 bits per heavy atom. The van der Waals surface area contributed by atoms with Crippen LogP contribution in [0.15, 0.2) is 24.3 Å². The Kier molecular flexibility index (Phi) is 4.87. The SMILES string of the molecule is CNC1CCOCC1CCc1ccccc1[N+](=O)[O-]. The van der Waals surface area contributed by atoms with E-state index < -0.39 is 0 Å². The molecule has 5 nitrogen and oxygen atoms in total. The molecule has 5 heteroatoms. The minimum atomic E-state index is -0.303. The lowest BCUT2D eigenvalue weighted by atomic mass is 9.89. The minimum Gasteiger partial charge on any atom is -0.381 e. The van der Waals surface area contributed by atoms with Crippen LogP contribution in [-0.2, 0) is 11.2 Å². The minimum absolute atomic E-state index is 0.222. The van der Waals surface area contributed by atoms with E-state index in [0.717, 1.165) is 38.0 Å². The number of nitro benzene ring substituents is 1. The summed E-state index contributed by atoms with van der Waals surface area (Å²) in [5.41, 5.74) is 1.04. The van der Waals surface area contributed by atoms with Crippen molar-refractivity contribution in [1.29, 1.82) is 0 Å². The van der Waals surface area contributed by atoms with E-state index >= 15 is 0 Å². The van der Waals surface area contributed by atoms with Gasteiger partial charge in [-0.1, -0.05) is 18.2 Å². The number of rotatable bonds is 5. The highest BCUT2D eigenvalue weighted by Crippen LogP contribution is 2.24. The van der Waals surface area contributed by atoms with Crippen LogP contribution in [0.2, 0.25) is 0 Å². The van der Waals surface area contributed by atoms with Gasteiger partial charge in [-0.2, -0.15) is 0 Å². The van der Waals surface area contributed by atoms with Gasteiger partial charge >= 0.3 is 0 Å². The Hall–Kier alpha value is -1.46. The highest BCUT2D eigenvalue weighted by atomic mass is 16.6. The summed E-state index contributed by atoms with van der Waals surface area (Å²) in [6.45, 7) is 1.54. The van der Waals surface area contributed by atoms with Gasteiger partial charge in [-0.3, -0.25) is 10.1 Å². The van der Waals surface area contributed by atoms with Crippen LogP contribution in [0.25, 0.3) is 0 Å². The maximum atomic E-state index is 11.0. The monoisotopic (exact) mass is 264 g/mol. The Morgan fingerprint density at radius 2 is 2.26 bits per heavy atom. The molecule has 1 fully saturated rings. The van der Waals surface area contributed by atoms with Crippen LogP contribution in [0, 0.1) is 16.0 Å². The molecule has 2 atom stereocenters. The smallest absolute Gasteiger partial charge is 0.272 e. The number of ether oxygens (including phenoxy) is 1. The number of hydrogen-bond donors (Lipinski definition) is 1. The first-order valence-corrected chi connectivity index (χ1v) is 6.69. The maximum Gasteiger partial charge on any atom is 0.272 e. The molecule has 0 radical (unpaired) electrons. The van der Waals surface area contributed by atoms with Gasteiger partial charge in [-0.05, 0) is 32.2 Å². The molecule has 0 bridgehead atoms. The van der Waals surface area contributed by atoms with E-state index in [1.165, 1.54) is 0 Å². The Labute approximate surface area is 113 Å². The van der Waals surface area contributed by atoms with Gasteiger partial charge in [0.05, 0.1) is 11.5 Å². The standard InChI is InChI=1S/C14H20N2O3/c1-15-13-8-9-19-10-12(13)7-6-11-4-2-3-5-14(11)16(17)18/h2-5,12-13,15H,6-10H2,1H3. The fraction of sp³-hybridized carbons (Fsp3) is 0.571. The van der Waals surface area contributed by atoms with E-state index in [-0.39, 0.29) is 10.6 Å². The maximum absolute atomic E-state index is 11.0. The fourth-order valence-electron chi connectivity index (χ4n) is 2.70. The quantitative estimate of drug-likeness (QED) is 0.653. The molecule has 1 N–H and O–H groups in total. The lowest BCUT2D eigenvalue weighted by molar-refractivity contribution is -0.385. The number of nitrogens with one attached hydrogen (secondary N) is 1. The van der Waals surface area contributed by atoms with Crippen molar-refractivity contribution >= 4 is 5.69 Å². The summed E-state index contributed by atoms with van der Waals surface area (Å²) in [5.74, 6) is 0.429. The summed E-state index contributed by atoms with van der Waals surface area (Å²) >= 11 is 0. The zero-order chi connectivity index (χ0) is 13.7. The number of benzene rings is 1. The normalized spacial score (nSPS) is 23.2. The van der Waals surface area contributed by atoms with E-state index in [2.05, 4.69) is 5.32 Å². The third-order valence-corrected chi connectivity index (χ3v) is 3.82. The summed E-state index contributed by atoms with van der Waals surface area (Å²) in [6.07, 6.45) is 2.65. The molecule has 1 aliphatic heterocycles. The molecule has 2 unspecified atom stereocenters. The van der Waals surface area contributed by atoms with Crippen molar-refractivity contribution in [2.24, 2.45) is 5.92 Å². The van der Waals surface area contributed by atoms with Crippen LogP contribution in [0.3, 0.4) is 0 Å². The molecule has 1 aliphatic rings. The second kappa shape index (κ2) is 6.63. The number of nitro groups is 1. The van der Waals surface area contributed by atoms with Crippen molar-refractivity contribution in [2.45, 2.75) is 25.3 Å². The predicted octanol–water partition coefficient (Wildman–Crippen LogP) is 2.15. The summed E-state index contributed by atoms with van der Waals surface area (Å²) in [4.78, 5) is 10.7. The van der Waals surface area contributed by atoms with Crippen LogP contribution >= 0.6 is 0 Å². The first kappa shape index (κ1) is 14.0. The second-order valence-corrected chi connectivity index (χ2v) is 4.94. The molecule has 1 saturated heterocycles. The van der Waals surface area contributed by atoms with E-state index in [4.69, 9.17) is 4.74 Å². The first-order chi connectivity index (χ1) is 9.22. The zero-order valence-electron chi connectivity index (χ0n) is 11.2. The summed E-state index contributed by atoms with van der Waals surface area (Å²) in [5, 5.41) is 14.3. The molecule has 0 spiro atoms. The van der Waals surface area contributed by atoms with E-state index in [1.54, 1.807) is 12.1 Å². The number of aryl methyl sites for hydroxylation is 1. The average molecular weight is 264 g/mol. The molecule has 1 aromatic rings. The highest BCUT2D eigenvalue weighted by molar-refractivity contribution is 5.39. The molecule has 19 heavy (non-hydrogen) atoms. The predicted molar refractivity (Wildman–Crippen MR) is 73.2 cm³/mol. The number of nitrogens with zero attached hydrogens (tertiary/aromatic N) is 1. The average Bonchev–Trinajstić information content (AvgIpc) is 2.45. The van der Waals surface area contributed by atoms with E-state index in [1.807, 2.05) is 19.2 Å². The fourth-order valence-corrected chi connectivity index (χ4v) is 2.70. The third kappa shape index (κ3) is 3.52. The molecule has 2 rings (SSSR count). The van der Waals surface area contributed by atoms with Crippen molar-refractivity contribution < 1.29 is 9.66 Å². The molecule has 104 valence electrons. The van der Waals surface area contributed by atoms with Crippen molar-refractivity contribution in [3.63, 3.8) is 0 Å². The summed E-state index contributed by atoms with van der Waals surface area (Å²) in [6, 6.07) is 7.44. The zero-order valence-corrected chi connectivity index (χ0v) is 11.2. The molecule has 1 aromatic carbocycles. The van der Waals surface area contributed by atoms with Gasteiger partial charge in [0.15, 0.2) is 0 Å². The van der Waals surface area contributed by atoms with Crippen LogP contribution < -0.4 is 5.32 Å². The summed E-state index contributed by atoms with van der Waals surface area (Å²) < 4.78 is 5.51. The molecule has 0 amide bonds. The molecule has 1 heterocycles. The van der Waals surface area contributed by atoms with Gasteiger partial charge < -0.3 is 10.1 Å². The van der Waals surface area contributed by atoms with Gasteiger partial charge in [0.1, 0.15) is 0 Å². The van der Waals surface area contributed by atoms with Crippen molar-refractivity contribution in [2.75, 3.05) is 20.3 Å². The van der Waals surface area contributed by atoms with Crippen molar-refractivity contribution in [3.8, 4) is 0 Å². The second-order valence-electron chi connectivity index (χ2n) is 4.94. The highest BCUT2D eigenvalue weighted by Gasteiger charge is 2.25. The van der Waals surface area contributed by atoms with Crippen LogP contribution in [0.5, 0.6) is 0 Å². The summed E-state index contributed by atoms with van der Waals surface area (Å²) in [7, 11) is 1.97. The van der Waals surface area contributed by atoms with Gasteiger partial charge in [0, 0.05) is 24.3 Å². The molecule has 0 aromatic heterocycles. The van der Waals surface area contributed by atoms with E-state index in [9.17, 15) is 10.1 Å². The molecular weight excluding hydrogens is 244 g/mol. The van der Waals surface area contributed by atoms with Gasteiger partial charge in [0.2, 0.25) is 0 Å². The Balaban J connectivity index is 2.00. The van der Waals surface area contributed by atoms with Crippen molar-refractivity contribution in [1.82, 2.24) is 5.32 Å². The van der Waals surface area contributed by atoms with Gasteiger partial charge in [-0.25, -0.2) is 0 Å². The molecule has 0 aliphatic carbocycles. The first-order valence-electron chi connectivity index (χ1n) is 6.69. The number of para-hydroxylation sites is 1. The van der Waals surface area contributed by atoms with Crippen LogP contribution in [0.4, 0.5) is 5.69 Å². The Morgan fingerprint density at radius 1 is 1.47 bits per heavy atom. The van der Waals surface area contributed by atoms with Crippen LogP contribution in [0.1, 0.15) is 18.4 Å². The molecule has 0 saturated carbocycles. The molecular formula is C14H20N2O3. The lowest BCUT2D eigenvalue weighted by Gasteiger charge is -2.31. The lowest BCUT2D eigenvalue weighted by Crippen LogP contribution is -2.41. The van der Waals surface area contributed by atoms with Gasteiger partial charge in [-0.15, -0.1) is 0 Å². The largest absolute Gasteiger partial charge is 0.381 e. The van der Waals surface area contributed by atoms with E-state index in [0.29, 0.717) is 12.0 Å². The Bertz CT molecular complexity index is 436.